The van der Waals surface area contributed by atoms with E-state index in [9.17, 15) is 9.59 Å². The van der Waals surface area contributed by atoms with E-state index in [1.54, 1.807) is 6.20 Å². The van der Waals surface area contributed by atoms with Crippen LogP contribution in [0.15, 0.2) is 15.8 Å². The summed E-state index contributed by atoms with van der Waals surface area (Å²) >= 11 is 0. The van der Waals surface area contributed by atoms with E-state index < -0.39 is 12.0 Å². The van der Waals surface area contributed by atoms with Crippen LogP contribution in [0.5, 0.6) is 0 Å². The smallest absolute Gasteiger partial charge is 0.328 e. The zero-order valence-electron chi connectivity index (χ0n) is 11.1. The Morgan fingerprint density at radius 1 is 1.22 bits per heavy atom. The van der Waals surface area contributed by atoms with Crippen LogP contribution in [0.2, 0.25) is 0 Å². The third-order valence-electron chi connectivity index (χ3n) is 2.52. The first-order valence-corrected chi connectivity index (χ1v) is 6.18. The summed E-state index contributed by atoms with van der Waals surface area (Å²) in [4.78, 5) is 25.4. The molecule has 0 aliphatic rings. The first kappa shape index (κ1) is 14.7. The predicted molar refractivity (Wildman–Crippen MR) is 67.7 cm³/mol. The fraction of sp³-hybridized carbons (Fsp3) is 0.667. The van der Waals surface area contributed by atoms with E-state index in [2.05, 4.69) is 4.98 Å². The van der Waals surface area contributed by atoms with E-state index in [1.807, 2.05) is 20.8 Å². The highest BCUT2D eigenvalue weighted by molar-refractivity contribution is 5.03. The largest absolute Gasteiger partial charge is 0.351 e. The molecule has 0 amide bonds. The van der Waals surface area contributed by atoms with Gasteiger partial charge in [0.2, 0.25) is 0 Å². The van der Waals surface area contributed by atoms with Gasteiger partial charge in [0.25, 0.3) is 5.56 Å². The van der Waals surface area contributed by atoms with Crippen molar-refractivity contribution in [2.45, 2.75) is 40.0 Å². The monoisotopic (exact) mass is 256 g/mol. The van der Waals surface area contributed by atoms with E-state index in [4.69, 9.17) is 9.47 Å². The van der Waals surface area contributed by atoms with E-state index in [0.717, 1.165) is 0 Å². The van der Waals surface area contributed by atoms with E-state index in [1.165, 1.54) is 4.57 Å². The first-order valence-electron chi connectivity index (χ1n) is 6.18. The van der Waals surface area contributed by atoms with Crippen molar-refractivity contribution >= 4 is 0 Å². The van der Waals surface area contributed by atoms with Gasteiger partial charge in [-0.3, -0.25) is 14.3 Å². The molecule has 1 heterocycles. The zero-order valence-corrected chi connectivity index (χ0v) is 11.1. The van der Waals surface area contributed by atoms with Crippen LogP contribution in [-0.2, 0) is 22.4 Å². The molecule has 0 aromatic carbocycles. The van der Waals surface area contributed by atoms with Crippen LogP contribution in [0.25, 0.3) is 0 Å². The maximum Gasteiger partial charge on any atom is 0.328 e. The van der Waals surface area contributed by atoms with Gasteiger partial charge in [0.1, 0.15) is 0 Å². The molecule has 0 spiro atoms. The van der Waals surface area contributed by atoms with Crippen molar-refractivity contribution in [1.29, 1.82) is 0 Å². The van der Waals surface area contributed by atoms with Gasteiger partial charge in [-0.15, -0.1) is 0 Å². The second-order valence-electron chi connectivity index (χ2n) is 3.76. The molecule has 0 saturated heterocycles. The summed E-state index contributed by atoms with van der Waals surface area (Å²) in [7, 11) is 0. The molecule has 0 radical (unpaired) electrons. The Balaban J connectivity index is 2.94. The van der Waals surface area contributed by atoms with Gasteiger partial charge in [0, 0.05) is 25.0 Å². The Morgan fingerprint density at radius 3 is 2.33 bits per heavy atom. The van der Waals surface area contributed by atoms with Crippen molar-refractivity contribution in [3.63, 3.8) is 0 Å². The van der Waals surface area contributed by atoms with Gasteiger partial charge in [-0.25, -0.2) is 4.79 Å². The van der Waals surface area contributed by atoms with Crippen molar-refractivity contribution in [1.82, 2.24) is 9.55 Å². The Bertz CT molecular complexity index is 472. The second-order valence-corrected chi connectivity index (χ2v) is 3.76. The number of ether oxygens (including phenoxy) is 2. The highest BCUT2D eigenvalue weighted by atomic mass is 16.7. The van der Waals surface area contributed by atoms with Crippen molar-refractivity contribution in [2.24, 2.45) is 0 Å². The molecular formula is C12H20N2O4. The number of hydrogen-bond donors (Lipinski definition) is 1. The highest BCUT2D eigenvalue weighted by Gasteiger charge is 2.11. The minimum atomic E-state index is -0.478. The van der Waals surface area contributed by atoms with E-state index >= 15 is 0 Å². The number of nitrogens with zero attached hydrogens (tertiary/aromatic N) is 1. The highest BCUT2D eigenvalue weighted by Crippen LogP contribution is 1.99. The van der Waals surface area contributed by atoms with Crippen molar-refractivity contribution in [3.8, 4) is 0 Å². The van der Waals surface area contributed by atoms with Gasteiger partial charge in [0.05, 0.1) is 6.54 Å². The Hall–Kier alpha value is -1.40. The van der Waals surface area contributed by atoms with Gasteiger partial charge in [-0.05, 0) is 20.3 Å². The average Bonchev–Trinajstić information content (AvgIpc) is 2.33. The van der Waals surface area contributed by atoms with Crippen LogP contribution in [-0.4, -0.2) is 29.1 Å². The minimum Gasteiger partial charge on any atom is -0.351 e. The molecule has 0 aliphatic heterocycles. The summed E-state index contributed by atoms with van der Waals surface area (Å²) in [6, 6.07) is 0. The molecule has 102 valence electrons. The molecular weight excluding hydrogens is 236 g/mol. The fourth-order valence-electron chi connectivity index (χ4n) is 1.63. The molecule has 6 nitrogen and oxygen atoms in total. The van der Waals surface area contributed by atoms with Gasteiger partial charge >= 0.3 is 5.69 Å². The molecule has 0 fully saturated rings. The number of aromatic amines is 1. The molecule has 0 saturated carbocycles. The summed E-state index contributed by atoms with van der Waals surface area (Å²) in [6.45, 7) is 6.86. The molecule has 0 aliphatic carbocycles. The Kier molecular flexibility index (Phi) is 5.80. The van der Waals surface area contributed by atoms with E-state index in [-0.39, 0.29) is 12.1 Å². The SMILES string of the molecule is CCOC(Cn1cc(CC)c(=O)[nH]c1=O)OCC. The van der Waals surface area contributed by atoms with Crippen molar-refractivity contribution < 1.29 is 9.47 Å². The predicted octanol–water partition coefficient (Wildman–Crippen LogP) is 0.498. The molecule has 0 atom stereocenters. The maximum absolute atomic E-state index is 11.6. The number of nitrogens with one attached hydrogen (secondary N) is 1. The molecule has 6 heteroatoms. The molecule has 1 N–H and O–H groups in total. The average molecular weight is 256 g/mol. The van der Waals surface area contributed by atoms with Crippen molar-refractivity contribution in [3.05, 3.63) is 32.6 Å². The van der Waals surface area contributed by atoms with Gasteiger partial charge < -0.3 is 9.47 Å². The lowest BCUT2D eigenvalue weighted by molar-refractivity contribution is -0.144. The minimum absolute atomic E-state index is 0.268. The molecule has 0 bridgehead atoms. The fourth-order valence-corrected chi connectivity index (χ4v) is 1.63. The number of hydrogen-bond acceptors (Lipinski definition) is 4. The molecule has 1 aromatic heterocycles. The summed E-state index contributed by atoms with van der Waals surface area (Å²) in [5.74, 6) is 0. The lowest BCUT2D eigenvalue weighted by Gasteiger charge is -2.18. The van der Waals surface area contributed by atoms with Crippen LogP contribution in [0.1, 0.15) is 26.3 Å². The molecule has 1 rings (SSSR count). The summed E-state index contributed by atoms with van der Waals surface area (Å²) in [5, 5.41) is 0. The molecule has 18 heavy (non-hydrogen) atoms. The summed E-state index contributed by atoms with van der Waals surface area (Å²) in [5.41, 5.74) is -0.203. The van der Waals surface area contributed by atoms with Crippen LogP contribution in [0, 0.1) is 0 Å². The Labute approximate surface area is 106 Å². The van der Waals surface area contributed by atoms with Crippen LogP contribution < -0.4 is 11.2 Å². The first-order chi connectivity index (χ1) is 8.62. The lowest BCUT2D eigenvalue weighted by Crippen LogP contribution is -2.36. The van der Waals surface area contributed by atoms with Gasteiger partial charge in [0.15, 0.2) is 6.29 Å². The van der Waals surface area contributed by atoms with Crippen LogP contribution >= 0.6 is 0 Å². The lowest BCUT2D eigenvalue weighted by atomic mass is 10.2. The van der Waals surface area contributed by atoms with Crippen LogP contribution in [0.4, 0.5) is 0 Å². The number of rotatable bonds is 7. The summed E-state index contributed by atoms with van der Waals surface area (Å²) in [6.07, 6.45) is 1.66. The second kappa shape index (κ2) is 7.13. The molecule has 0 unspecified atom stereocenters. The normalized spacial score (nSPS) is 11.1. The third kappa shape index (κ3) is 3.82. The maximum atomic E-state index is 11.6. The number of aromatic nitrogens is 2. The summed E-state index contributed by atoms with van der Waals surface area (Å²) < 4.78 is 12.2. The third-order valence-corrected chi connectivity index (χ3v) is 2.52. The quantitative estimate of drug-likeness (QED) is 0.721. The topological polar surface area (TPSA) is 73.3 Å². The zero-order chi connectivity index (χ0) is 13.5. The standard InChI is InChI=1S/C12H20N2O4/c1-4-9-7-14(12(16)13-11(9)15)8-10(17-5-2)18-6-3/h7,10H,4-6,8H2,1-3H3,(H,13,15,16). The van der Waals surface area contributed by atoms with Crippen LogP contribution in [0.3, 0.4) is 0 Å². The van der Waals surface area contributed by atoms with E-state index in [0.29, 0.717) is 25.2 Å². The van der Waals surface area contributed by atoms with Gasteiger partial charge in [-0.2, -0.15) is 0 Å². The Morgan fingerprint density at radius 2 is 1.83 bits per heavy atom. The number of aryl methyl sites for hydroxylation is 1. The molecule has 1 aromatic rings. The van der Waals surface area contributed by atoms with Gasteiger partial charge in [-0.1, -0.05) is 6.92 Å². The number of H-pyrrole nitrogens is 1. The van der Waals surface area contributed by atoms with Crippen molar-refractivity contribution in [2.75, 3.05) is 13.2 Å².